The standard InChI is InChI=1S/C12H23NS/c1-3-11-8-14-12(13-11)10-6-4-9(2)5-7-10/h9-13H,3-8H2,1-2H3. The van der Waals surface area contributed by atoms with Gasteiger partial charge in [-0.25, -0.2) is 0 Å². The summed E-state index contributed by atoms with van der Waals surface area (Å²) in [5, 5.41) is 4.57. The lowest BCUT2D eigenvalue weighted by Gasteiger charge is -2.30. The van der Waals surface area contributed by atoms with Crippen molar-refractivity contribution in [2.45, 2.75) is 57.4 Å². The molecule has 1 nitrogen and oxygen atoms in total. The first-order valence-corrected chi connectivity index (χ1v) is 7.22. The van der Waals surface area contributed by atoms with Crippen molar-refractivity contribution >= 4 is 11.8 Å². The van der Waals surface area contributed by atoms with Crippen molar-refractivity contribution in [3.8, 4) is 0 Å². The van der Waals surface area contributed by atoms with Crippen LogP contribution in [0.1, 0.15) is 46.0 Å². The van der Waals surface area contributed by atoms with Crippen LogP contribution in [0, 0.1) is 11.8 Å². The van der Waals surface area contributed by atoms with E-state index in [0.29, 0.717) is 0 Å². The van der Waals surface area contributed by atoms with Gasteiger partial charge in [0.05, 0.1) is 5.37 Å². The molecule has 2 heteroatoms. The van der Waals surface area contributed by atoms with E-state index in [1.165, 1.54) is 37.9 Å². The second-order valence-electron chi connectivity index (χ2n) is 5.05. The normalized spacial score (nSPS) is 44.1. The first-order chi connectivity index (χ1) is 6.79. The van der Waals surface area contributed by atoms with Crippen molar-refractivity contribution < 1.29 is 0 Å². The van der Waals surface area contributed by atoms with Gasteiger partial charge in [-0.3, -0.25) is 0 Å². The van der Waals surface area contributed by atoms with E-state index in [1.807, 2.05) is 0 Å². The van der Waals surface area contributed by atoms with Crippen LogP contribution in [0.15, 0.2) is 0 Å². The molecule has 0 bridgehead atoms. The van der Waals surface area contributed by atoms with Crippen LogP contribution in [0.5, 0.6) is 0 Å². The average Bonchev–Trinajstić information content (AvgIpc) is 2.67. The van der Waals surface area contributed by atoms with E-state index in [9.17, 15) is 0 Å². The summed E-state index contributed by atoms with van der Waals surface area (Å²) < 4.78 is 0. The topological polar surface area (TPSA) is 12.0 Å². The fourth-order valence-corrected chi connectivity index (χ4v) is 4.25. The Kier molecular flexibility index (Phi) is 3.78. The van der Waals surface area contributed by atoms with Gasteiger partial charge in [-0.1, -0.05) is 26.7 Å². The summed E-state index contributed by atoms with van der Waals surface area (Å²) in [4.78, 5) is 0. The summed E-state index contributed by atoms with van der Waals surface area (Å²) in [5.41, 5.74) is 0. The van der Waals surface area contributed by atoms with E-state index in [0.717, 1.165) is 23.3 Å². The highest BCUT2D eigenvalue weighted by Gasteiger charge is 2.31. The molecule has 2 rings (SSSR count). The van der Waals surface area contributed by atoms with Gasteiger partial charge in [-0.15, -0.1) is 11.8 Å². The van der Waals surface area contributed by atoms with Crippen molar-refractivity contribution in [2.75, 3.05) is 5.75 Å². The van der Waals surface area contributed by atoms with Gasteiger partial charge < -0.3 is 5.32 Å². The molecule has 82 valence electrons. The molecule has 0 amide bonds. The van der Waals surface area contributed by atoms with Crippen LogP contribution in [-0.2, 0) is 0 Å². The fourth-order valence-electron chi connectivity index (χ4n) is 2.64. The Morgan fingerprint density at radius 2 is 1.93 bits per heavy atom. The van der Waals surface area contributed by atoms with Crippen LogP contribution in [0.3, 0.4) is 0 Å². The zero-order chi connectivity index (χ0) is 9.97. The Bertz CT molecular complexity index is 175. The van der Waals surface area contributed by atoms with E-state index >= 15 is 0 Å². The van der Waals surface area contributed by atoms with Crippen molar-refractivity contribution in [2.24, 2.45) is 11.8 Å². The molecule has 14 heavy (non-hydrogen) atoms. The summed E-state index contributed by atoms with van der Waals surface area (Å²) in [7, 11) is 0. The molecule has 1 aliphatic carbocycles. The lowest BCUT2D eigenvalue weighted by molar-refractivity contribution is 0.267. The van der Waals surface area contributed by atoms with Crippen LogP contribution < -0.4 is 5.32 Å². The molecule has 1 saturated heterocycles. The van der Waals surface area contributed by atoms with Gasteiger partial charge in [0.2, 0.25) is 0 Å². The van der Waals surface area contributed by atoms with Crippen LogP contribution >= 0.6 is 11.8 Å². The molecule has 1 N–H and O–H groups in total. The third-order valence-electron chi connectivity index (χ3n) is 3.86. The highest BCUT2D eigenvalue weighted by molar-refractivity contribution is 8.00. The van der Waals surface area contributed by atoms with Crippen molar-refractivity contribution in [1.29, 1.82) is 0 Å². The molecule has 2 atom stereocenters. The van der Waals surface area contributed by atoms with Crippen LogP contribution in [0.25, 0.3) is 0 Å². The molecule has 2 unspecified atom stereocenters. The quantitative estimate of drug-likeness (QED) is 0.755. The SMILES string of the molecule is CCC1CSC(C2CCC(C)CC2)N1. The van der Waals surface area contributed by atoms with Gasteiger partial charge in [0, 0.05) is 11.8 Å². The van der Waals surface area contributed by atoms with Gasteiger partial charge in [-0.2, -0.15) is 0 Å². The molecule has 0 aromatic heterocycles. The summed E-state index contributed by atoms with van der Waals surface area (Å²) in [5.74, 6) is 3.29. The first-order valence-electron chi connectivity index (χ1n) is 6.17. The molecule has 2 aliphatic rings. The maximum absolute atomic E-state index is 3.79. The largest absolute Gasteiger partial charge is 0.301 e. The van der Waals surface area contributed by atoms with Crippen molar-refractivity contribution in [3.05, 3.63) is 0 Å². The van der Waals surface area contributed by atoms with Gasteiger partial charge in [0.25, 0.3) is 0 Å². The molecule has 0 aromatic carbocycles. The molecule has 1 heterocycles. The zero-order valence-electron chi connectivity index (χ0n) is 9.46. The van der Waals surface area contributed by atoms with Gasteiger partial charge in [0.1, 0.15) is 0 Å². The lowest BCUT2D eigenvalue weighted by Crippen LogP contribution is -2.35. The minimum absolute atomic E-state index is 0.785. The average molecular weight is 213 g/mol. The molecule has 0 aromatic rings. The number of hydrogen-bond donors (Lipinski definition) is 1. The monoisotopic (exact) mass is 213 g/mol. The van der Waals surface area contributed by atoms with E-state index in [2.05, 4.69) is 30.9 Å². The van der Waals surface area contributed by atoms with Crippen LogP contribution in [-0.4, -0.2) is 17.2 Å². The molecule has 0 spiro atoms. The third-order valence-corrected chi connectivity index (χ3v) is 5.33. The Morgan fingerprint density at radius 3 is 2.50 bits per heavy atom. The molecule has 0 radical (unpaired) electrons. The smallest absolute Gasteiger partial charge is 0.0563 e. The third kappa shape index (κ3) is 2.46. The molecule has 2 fully saturated rings. The van der Waals surface area contributed by atoms with Gasteiger partial charge in [-0.05, 0) is 31.1 Å². The maximum Gasteiger partial charge on any atom is 0.0563 e. The number of hydrogen-bond acceptors (Lipinski definition) is 2. The molecular formula is C12H23NS. The minimum atomic E-state index is 0.785. The Hall–Kier alpha value is 0.310. The number of nitrogens with one attached hydrogen (secondary N) is 1. The van der Waals surface area contributed by atoms with Gasteiger partial charge in [0.15, 0.2) is 0 Å². The predicted molar refractivity (Wildman–Crippen MR) is 64.6 cm³/mol. The highest BCUT2D eigenvalue weighted by Crippen LogP contribution is 2.36. The molecule has 1 aliphatic heterocycles. The van der Waals surface area contributed by atoms with E-state index < -0.39 is 0 Å². The summed E-state index contributed by atoms with van der Waals surface area (Å²) in [6.45, 7) is 4.70. The second kappa shape index (κ2) is 4.89. The van der Waals surface area contributed by atoms with Gasteiger partial charge >= 0.3 is 0 Å². The predicted octanol–water partition coefficient (Wildman–Crippen LogP) is 3.25. The maximum atomic E-state index is 3.79. The number of thioether (sulfide) groups is 1. The Labute approximate surface area is 92.4 Å². The van der Waals surface area contributed by atoms with Crippen LogP contribution in [0.2, 0.25) is 0 Å². The van der Waals surface area contributed by atoms with Crippen LogP contribution in [0.4, 0.5) is 0 Å². The molecule has 1 saturated carbocycles. The van der Waals surface area contributed by atoms with Crippen molar-refractivity contribution in [1.82, 2.24) is 5.32 Å². The minimum Gasteiger partial charge on any atom is -0.301 e. The number of rotatable bonds is 2. The zero-order valence-corrected chi connectivity index (χ0v) is 10.3. The highest BCUT2D eigenvalue weighted by atomic mass is 32.2. The Morgan fingerprint density at radius 1 is 1.21 bits per heavy atom. The summed E-state index contributed by atoms with van der Waals surface area (Å²) in [6, 6.07) is 0.796. The van der Waals surface area contributed by atoms with E-state index in [1.54, 1.807) is 0 Å². The second-order valence-corrected chi connectivity index (χ2v) is 6.22. The fraction of sp³-hybridized carbons (Fsp3) is 1.00. The lowest BCUT2D eigenvalue weighted by atomic mass is 9.83. The summed E-state index contributed by atoms with van der Waals surface area (Å²) in [6.07, 6.45) is 7.14. The summed E-state index contributed by atoms with van der Waals surface area (Å²) >= 11 is 2.17. The van der Waals surface area contributed by atoms with E-state index in [-0.39, 0.29) is 0 Å². The van der Waals surface area contributed by atoms with Crippen molar-refractivity contribution in [3.63, 3.8) is 0 Å². The molecular weight excluding hydrogens is 190 g/mol. The van der Waals surface area contributed by atoms with E-state index in [4.69, 9.17) is 0 Å². The Balaban J connectivity index is 1.79. The first kappa shape index (κ1) is 10.8.